The Morgan fingerprint density at radius 2 is 2.00 bits per heavy atom. The highest BCUT2D eigenvalue weighted by molar-refractivity contribution is 6.15. The summed E-state index contributed by atoms with van der Waals surface area (Å²) in [5, 5.41) is 2.74. The maximum absolute atomic E-state index is 12.5. The second kappa shape index (κ2) is 4.26. The molecule has 1 fully saturated rings. The molecule has 2 amide bonds. The number of anilines is 1. The standard InChI is InChI=1S/C14H16N2O3/c1-14(13(18)16-8-4-5-9-16)12(17)15-10-6-2-3-7-11(10)19-14/h2-3,6-7H,4-5,8-9H2,1H3,(H,15,17). The van der Waals surface area contributed by atoms with Crippen molar-refractivity contribution >= 4 is 17.5 Å². The molecule has 100 valence electrons. The minimum absolute atomic E-state index is 0.253. The predicted molar refractivity (Wildman–Crippen MR) is 69.9 cm³/mol. The van der Waals surface area contributed by atoms with E-state index in [1.165, 1.54) is 0 Å². The van der Waals surface area contributed by atoms with Crippen molar-refractivity contribution in [1.29, 1.82) is 0 Å². The van der Waals surface area contributed by atoms with Crippen LogP contribution in [0, 0.1) is 0 Å². The molecule has 1 unspecified atom stereocenters. The monoisotopic (exact) mass is 260 g/mol. The number of hydrogen-bond acceptors (Lipinski definition) is 3. The van der Waals surface area contributed by atoms with Crippen LogP contribution in [0.4, 0.5) is 5.69 Å². The lowest BCUT2D eigenvalue weighted by atomic mass is 10.0. The molecule has 0 saturated carbocycles. The van der Waals surface area contributed by atoms with E-state index in [-0.39, 0.29) is 5.91 Å². The van der Waals surface area contributed by atoms with Crippen LogP contribution in [-0.2, 0) is 9.59 Å². The van der Waals surface area contributed by atoms with E-state index in [0.717, 1.165) is 12.8 Å². The topological polar surface area (TPSA) is 58.6 Å². The van der Waals surface area contributed by atoms with Crippen molar-refractivity contribution in [3.8, 4) is 5.75 Å². The molecule has 0 radical (unpaired) electrons. The Balaban J connectivity index is 1.91. The number of benzene rings is 1. The number of nitrogens with one attached hydrogen (secondary N) is 1. The van der Waals surface area contributed by atoms with Crippen LogP contribution in [0.2, 0.25) is 0 Å². The first-order chi connectivity index (χ1) is 9.11. The number of hydrogen-bond donors (Lipinski definition) is 1. The van der Waals surface area contributed by atoms with Gasteiger partial charge in [-0.15, -0.1) is 0 Å². The van der Waals surface area contributed by atoms with Crippen molar-refractivity contribution in [1.82, 2.24) is 4.90 Å². The van der Waals surface area contributed by atoms with E-state index in [1.54, 1.807) is 24.0 Å². The van der Waals surface area contributed by atoms with E-state index in [0.29, 0.717) is 24.5 Å². The number of nitrogens with zero attached hydrogens (tertiary/aromatic N) is 1. The number of fused-ring (bicyclic) bond motifs is 1. The highest BCUT2D eigenvalue weighted by atomic mass is 16.5. The van der Waals surface area contributed by atoms with Gasteiger partial charge >= 0.3 is 0 Å². The summed E-state index contributed by atoms with van der Waals surface area (Å²) in [6, 6.07) is 7.14. The molecule has 0 aromatic heterocycles. The average Bonchev–Trinajstić information content (AvgIpc) is 2.93. The third-order valence-corrected chi connectivity index (χ3v) is 3.68. The van der Waals surface area contributed by atoms with Crippen molar-refractivity contribution < 1.29 is 14.3 Å². The average molecular weight is 260 g/mol. The predicted octanol–water partition coefficient (Wildman–Crippen LogP) is 1.40. The van der Waals surface area contributed by atoms with E-state index in [9.17, 15) is 9.59 Å². The molecule has 1 saturated heterocycles. The normalized spacial score (nSPS) is 25.5. The van der Waals surface area contributed by atoms with Gasteiger partial charge in [0, 0.05) is 13.1 Å². The second-order valence-electron chi connectivity index (χ2n) is 5.08. The molecule has 5 nitrogen and oxygen atoms in total. The van der Waals surface area contributed by atoms with Gasteiger partial charge in [-0.3, -0.25) is 9.59 Å². The van der Waals surface area contributed by atoms with Crippen LogP contribution in [0.15, 0.2) is 24.3 Å². The number of carbonyl (C=O) groups excluding carboxylic acids is 2. The van der Waals surface area contributed by atoms with Crippen LogP contribution in [-0.4, -0.2) is 35.4 Å². The summed E-state index contributed by atoms with van der Waals surface area (Å²) in [6.45, 7) is 2.94. The lowest BCUT2D eigenvalue weighted by Crippen LogP contribution is -2.59. The zero-order valence-corrected chi connectivity index (χ0v) is 10.8. The summed E-state index contributed by atoms with van der Waals surface area (Å²) in [7, 11) is 0. The van der Waals surface area contributed by atoms with Crippen LogP contribution in [0.25, 0.3) is 0 Å². The lowest BCUT2D eigenvalue weighted by molar-refractivity contribution is -0.153. The number of likely N-dealkylation sites (tertiary alicyclic amines) is 1. The van der Waals surface area contributed by atoms with Gasteiger partial charge in [0.15, 0.2) is 0 Å². The van der Waals surface area contributed by atoms with E-state index in [4.69, 9.17) is 4.74 Å². The summed E-state index contributed by atoms with van der Waals surface area (Å²) in [5.41, 5.74) is -0.849. The number of amides is 2. The van der Waals surface area contributed by atoms with Gasteiger partial charge < -0.3 is 15.0 Å². The summed E-state index contributed by atoms with van der Waals surface area (Å²) in [4.78, 5) is 26.4. The third kappa shape index (κ3) is 1.85. The molecule has 1 aromatic rings. The highest BCUT2D eigenvalue weighted by Crippen LogP contribution is 2.34. The molecule has 1 aromatic carbocycles. The zero-order valence-electron chi connectivity index (χ0n) is 10.8. The fourth-order valence-electron chi connectivity index (χ4n) is 2.53. The molecule has 0 bridgehead atoms. The molecule has 2 aliphatic heterocycles. The Morgan fingerprint density at radius 1 is 1.32 bits per heavy atom. The SMILES string of the molecule is CC1(C(=O)N2CCCC2)Oc2ccccc2NC1=O. The Hall–Kier alpha value is -2.04. The molecule has 1 atom stereocenters. The summed E-state index contributed by atoms with van der Waals surface area (Å²) >= 11 is 0. The fourth-order valence-corrected chi connectivity index (χ4v) is 2.53. The Labute approximate surface area is 111 Å². The molecule has 3 rings (SSSR count). The van der Waals surface area contributed by atoms with Crippen molar-refractivity contribution in [2.45, 2.75) is 25.4 Å². The molecule has 2 aliphatic rings. The molecule has 2 heterocycles. The van der Waals surface area contributed by atoms with Gasteiger partial charge in [-0.2, -0.15) is 0 Å². The molecule has 0 spiro atoms. The Bertz CT molecular complexity index is 537. The smallest absolute Gasteiger partial charge is 0.278 e. The molecule has 1 N–H and O–H groups in total. The fraction of sp³-hybridized carbons (Fsp3) is 0.429. The Morgan fingerprint density at radius 3 is 2.74 bits per heavy atom. The number of carbonyl (C=O) groups is 2. The molecular weight excluding hydrogens is 244 g/mol. The number of rotatable bonds is 1. The van der Waals surface area contributed by atoms with E-state index in [2.05, 4.69) is 5.32 Å². The van der Waals surface area contributed by atoms with Crippen LogP contribution in [0.5, 0.6) is 5.75 Å². The largest absolute Gasteiger partial charge is 0.466 e. The quantitative estimate of drug-likeness (QED) is 0.776. The maximum Gasteiger partial charge on any atom is 0.278 e. The minimum Gasteiger partial charge on any atom is -0.466 e. The van der Waals surface area contributed by atoms with Crippen molar-refractivity contribution in [3.63, 3.8) is 0 Å². The third-order valence-electron chi connectivity index (χ3n) is 3.68. The molecule has 5 heteroatoms. The maximum atomic E-state index is 12.5. The molecule has 0 aliphatic carbocycles. The first-order valence-corrected chi connectivity index (χ1v) is 6.50. The highest BCUT2D eigenvalue weighted by Gasteiger charge is 2.49. The van der Waals surface area contributed by atoms with Gasteiger partial charge in [0.2, 0.25) is 0 Å². The number of ether oxygens (including phenoxy) is 1. The van der Waals surface area contributed by atoms with Crippen LogP contribution in [0.3, 0.4) is 0 Å². The van der Waals surface area contributed by atoms with Gasteiger partial charge in [-0.25, -0.2) is 0 Å². The van der Waals surface area contributed by atoms with Gasteiger partial charge in [0.1, 0.15) is 5.75 Å². The van der Waals surface area contributed by atoms with Crippen LogP contribution >= 0.6 is 0 Å². The molecule has 19 heavy (non-hydrogen) atoms. The summed E-state index contributed by atoms with van der Waals surface area (Å²) in [6.07, 6.45) is 1.97. The molecular formula is C14H16N2O3. The summed E-state index contributed by atoms with van der Waals surface area (Å²) in [5.74, 6) is -0.114. The second-order valence-corrected chi connectivity index (χ2v) is 5.08. The summed E-state index contributed by atoms with van der Waals surface area (Å²) < 4.78 is 5.70. The van der Waals surface area contributed by atoms with Crippen LogP contribution < -0.4 is 10.1 Å². The van der Waals surface area contributed by atoms with E-state index >= 15 is 0 Å². The van der Waals surface area contributed by atoms with Crippen LogP contribution in [0.1, 0.15) is 19.8 Å². The first kappa shape index (κ1) is 12.0. The van der Waals surface area contributed by atoms with Gasteiger partial charge in [0.05, 0.1) is 5.69 Å². The lowest BCUT2D eigenvalue weighted by Gasteiger charge is -2.35. The van der Waals surface area contributed by atoms with Crippen molar-refractivity contribution in [3.05, 3.63) is 24.3 Å². The van der Waals surface area contributed by atoms with Gasteiger partial charge in [-0.05, 0) is 31.9 Å². The van der Waals surface area contributed by atoms with Gasteiger partial charge in [-0.1, -0.05) is 12.1 Å². The number of para-hydroxylation sites is 2. The minimum atomic E-state index is -1.46. The van der Waals surface area contributed by atoms with Crippen molar-refractivity contribution in [2.75, 3.05) is 18.4 Å². The zero-order chi connectivity index (χ0) is 13.5. The van der Waals surface area contributed by atoms with Crippen molar-refractivity contribution in [2.24, 2.45) is 0 Å². The Kier molecular flexibility index (Phi) is 2.69. The first-order valence-electron chi connectivity index (χ1n) is 6.50. The van der Waals surface area contributed by atoms with E-state index in [1.807, 2.05) is 12.1 Å². The van der Waals surface area contributed by atoms with Gasteiger partial charge in [0.25, 0.3) is 17.4 Å². The van der Waals surface area contributed by atoms with E-state index < -0.39 is 11.5 Å².